The number of likely N-dealkylation sites (tertiary alicyclic amines) is 1. The van der Waals surface area contributed by atoms with Crippen LogP contribution >= 0.6 is 0 Å². The number of aromatic nitrogens is 1. The van der Waals surface area contributed by atoms with Crippen molar-refractivity contribution in [2.24, 2.45) is 0 Å². The van der Waals surface area contributed by atoms with Crippen molar-refractivity contribution in [3.63, 3.8) is 0 Å². The highest BCUT2D eigenvalue weighted by Crippen LogP contribution is 2.28. The molecule has 0 N–H and O–H groups in total. The quantitative estimate of drug-likeness (QED) is 0.555. The summed E-state index contributed by atoms with van der Waals surface area (Å²) < 4.78 is 10.6. The molecule has 1 fully saturated rings. The predicted molar refractivity (Wildman–Crippen MR) is 125 cm³/mol. The second kappa shape index (κ2) is 10.3. The third-order valence-corrected chi connectivity index (χ3v) is 5.98. The van der Waals surface area contributed by atoms with Gasteiger partial charge in [0.2, 0.25) is 0 Å². The van der Waals surface area contributed by atoms with E-state index < -0.39 is 0 Å². The normalized spacial score (nSPS) is 14.7. The SMILES string of the molecule is COc1ccc(C(=O)N(c2ccc(OC)cc2)C2CCN(Cc3ccncc3)CC2)cc1. The zero-order valence-electron chi connectivity index (χ0n) is 18.6. The van der Waals surface area contributed by atoms with E-state index in [-0.39, 0.29) is 11.9 Å². The average Bonchev–Trinajstić information content (AvgIpc) is 2.86. The Balaban J connectivity index is 1.53. The van der Waals surface area contributed by atoms with Gasteiger partial charge in [0.05, 0.1) is 14.2 Å². The van der Waals surface area contributed by atoms with Gasteiger partial charge in [-0.25, -0.2) is 0 Å². The highest BCUT2D eigenvalue weighted by molar-refractivity contribution is 6.06. The molecule has 1 aromatic heterocycles. The van der Waals surface area contributed by atoms with Crippen molar-refractivity contribution in [1.29, 1.82) is 0 Å². The Morgan fingerprint density at radius 3 is 2.03 bits per heavy atom. The maximum Gasteiger partial charge on any atom is 0.258 e. The summed E-state index contributed by atoms with van der Waals surface area (Å²) in [5, 5.41) is 0. The number of methoxy groups -OCH3 is 2. The van der Waals surface area contributed by atoms with Gasteiger partial charge in [0.15, 0.2) is 0 Å². The van der Waals surface area contributed by atoms with Crippen molar-refractivity contribution in [3.8, 4) is 11.5 Å². The summed E-state index contributed by atoms with van der Waals surface area (Å²) >= 11 is 0. The van der Waals surface area contributed by atoms with E-state index in [1.54, 1.807) is 14.2 Å². The molecule has 2 aromatic carbocycles. The van der Waals surface area contributed by atoms with E-state index in [4.69, 9.17) is 9.47 Å². The first-order chi connectivity index (χ1) is 15.7. The molecule has 3 aromatic rings. The third kappa shape index (κ3) is 5.08. The maximum absolute atomic E-state index is 13.6. The predicted octanol–water partition coefficient (Wildman–Crippen LogP) is 4.41. The summed E-state index contributed by atoms with van der Waals surface area (Å²) in [6, 6.07) is 19.3. The van der Waals surface area contributed by atoms with Crippen LogP contribution in [0.4, 0.5) is 5.69 Å². The molecule has 0 bridgehead atoms. The van der Waals surface area contributed by atoms with Crippen molar-refractivity contribution in [2.75, 3.05) is 32.2 Å². The number of ether oxygens (including phenoxy) is 2. The summed E-state index contributed by atoms with van der Waals surface area (Å²) in [7, 11) is 3.27. The van der Waals surface area contributed by atoms with E-state index in [2.05, 4.69) is 22.0 Å². The van der Waals surface area contributed by atoms with E-state index in [0.717, 1.165) is 49.7 Å². The van der Waals surface area contributed by atoms with Crippen LogP contribution in [-0.4, -0.2) is 49.1 Å². The van der Waals surface area contributed by atoms with Gasteiger partial charge in [0.1, 0.15) is 11.5 Å². The van der Waals surface area contributed by atoms with E-state index in [1.807, 2.05) is 65.8 Å². The first-order valence-electron chi connectivity index (χ1n) is 10.9. The Kier molecular flexibility index (Phi) is 7.02. The zero-order chi connectivity index (χ0) is 22.3. The lowest BCUT2D eigenvalue weighted by Gasteiger charge is -2.38. The lowest BCUT2D eigenvalue weighted by molar-refractivity contribution is 0.0958. The number of piperidine rings is 1. The van der Waals surface area contributed by atoms with Crippen molar-refractivity contribution in [2.45, 2.75) is 25.4 Å². The van der Waals surface area contributed by atoms with Gasteiger partial charge in [-0.2, -0.15) is 0 Å². The molecule has 0 radical (unpaired) electrons. The number of hydrogen-bond acceptors (Lipinski definition) is 5. The fraction of sp³-hybridized carbons (Fsp3) is 0.308. The largest absolute Gasteiger partial charge is 0.497 e. The van der Waals surface area contributed by atoms with Crippen LogP contribution in [0, 0.1) is 0 Å². The van der Waals surface area contributed by atoms with Gasteiger partial charge in [-0.05, 0) is 79.1 Å². The standard InChI is InChI=1S/C26H29N3O3/c1-31-24-7-3-21(4-8-24)26(30)29(22-5-9-25(32-2)10-6-22)23-13-17-28(18-14-23)19-20-11-15-27-16-12-20/h3-12,15-16,23H,13-14,17-19H2,1-2H3. The minimum absolute atomic E-state index is 0.00500. The lowest BCUT2D eigenvalue weighted by Crippen LogP contribution is -2.47. The molecule has 0 saturated carbocycles. The minimum Gasteiger partial charge on any atom is -0.497 e. The number of carbonyl (C=O) groups excluding carboxylic acids is 1. The summed E-state index contributed by atoms with van der Waals surface area (Å²) in [4.78, 5) is 22.1. The van der Waals surface area contributed by atoms with Crippen LogP contribution in [-0.2, 0) is 6.54 Å². The molecular weight excluding hydrogens is 402 g/mol. The molecular formula is C26H29N3O3. The van der Waals surface area contributed by atoms with Gasteiger partial charge in [0.25, 0.3) is 5.91 Å². The van der Waals surface area contributed by atoms with Crippen LogP contribution in [0.1, 0.15) is 28.8 Å². The fourth-order valence-corrected chi connectivity index (χ4v) is 4.19. The smallest absolute Gasteiger partial charge is 0.258 e. The van der Waals surface area contributed by atoms with Crippen molar-refractivity contribution >= 4 is 11.6 Å². The third-order valence-electron chi connectivity index (χ3n) is 5.98. The van der Waals surface area contributed by atoms with E-state index in [9.17, 15) is 4.79 Å². The Hall–Kier alpha value is -3.38. The van der Waals surface area contributed by atoms with Crippen molar-refractivity contribution < 1.29 is 14.3 Å². The van der Waals surface area contributed by atoms with E-state index in [0.29, 0.717) is 5.56 Å². The summed E-state index contributed by atoms with van der Waals surface area (Å²) in [5.41, 5.74) is 2.81. The molecule has 166 valence electrons. The van der Waals surface area contributed by atoms with Gasteiger partial charge in [0, 0.05) is 49.3 Å². The van der Waals surface area contributed by atoms with E-state index in [1.165, 1.54) is 5.56 Å². The van der Waals surface area contributed by atoms with Crippen molar-refractivity contribution in [3.05, 3.63) is 84.2 Å². The molecule has 2 heterocycles. The summed E-state index contributed by atoms with van der Waals surface area (Å²) in [5.74, 6) is 1.52. The number of pyridine rings is 1. The molecule has 1 saturated heterocycles. The maximum atomic E-state index is 13.6. The van der Waals surface area contributed by atoms with Crippen LogP contribution < -0.4 is 14.4 Å². The van der Waals surface area contributed by atoms with Gasteiger partial charge < -0.3 is 14.4 Å². The number of rotatable bonds is 7. The average molecular weight is 432 g/mol. The molecule has 0 aliphatic carbocycles. The topological polar surface area (TPSA) is 54.9 Å². The monoisotopic (exact) mass is 431 g/mol. The summed E-state index contributed by atoms with van der Waals surface area (Å²) in [6.07, 6.45) is 5.50. The molecule has 0 spiro atoms. The zero-order valence-corrected chi connectivity index (χ0v) is 18.6. The number of anilines is 1. The molecule has 1 aliphatic heterocycles. The Bertz CT molecular complexity index is 999. The van der Waals surface area contributed by atoms with Crippen LogP contribution in [0.3, 0.4) is 0 Å². The number of hydrogen-bond donors (Lipinski definition) is 0. The summed E-state index contributed by atoms with van der Waals surface area (Å²) in [6.45, 7) is 2.79. The van der Waals surface area contributed by atoms with Gasteiger partial charge >= 0.3 is 0 Å². The van der Waals surface area contributed by atoms with E-state index >= 15 is 0 Å². The van der Waals surface area contributed by atoms with Crippen LogP contribution in [0.25, 0.3) is 0 Å². The number of benzene rings is 2. The second-order valence-electron chi connectivity index (χ2n) is 7.96. The highest BCUT2D eigenvalue weighted by atomic mass is 16.5. The molecule has 1 aliphatic rings. The molecule has 32 heavy (non-hydrogen) atoms. The van der Waals surface area contributed by atoms with Crippen LogP contribution in [0.5, 0.6) is 11.5 Å². The lowest BCUT2D eigenvalue weighted by atomic mass is 10.00. The van der Waals surface area contributed by atoms with Gasteiger partial charge in [-0.15, -0.1) is 0 Å². The second-order valence-corrected chi connectivity index (χ2v) is 7.96. The van der Waals surface area contributed by atoms with Gasteiger partial charge in [-0.3, -0.25) is 14.7 Å². The molecule has 6 nitrogen and oxygen atoms in total. The molecule has 4 rings (SSSR count). The van der Waals surface area contributed by atoms with Gasteiger partial charge in [-0.1, -0.05) is 0 Å². The molecule has 0 unspecified atom stereocenters. The molecule has 0 atom stereocenters. The number of nitrogens with zero attached hydrogens (tertiary/aromatic N) is 3. The molecule has 6 heteroatoms. The highest BCUT2D eigenvalue weighted by Gasteiger charge is 2.30. The minimum atomic E-state index is 0.00500. The number of amides is 1. The van der Waals surface area contributed by atoms with Crippen LogP contribution in [0.2, 0.25) is 0 Å². The Morgan fingerprint density at radius 2 is 1.47 bits per heavy atom. The van der Waals surface area contributed by atoms with Crippen LogP contribution in [0.15, 0.2) is 73.1 Å². The number of carbonyl (C=O) groups is 1. The molecule has 1 amide bonds. The van der Waals surface area contributed by atoms with Crippen molar-refractivity contribution in [1.82, 2.24) is 9.88 Å². The first kappa shape index (κ1) is 21.8. The fourth-order valence-electron chi connectivity index (χ4n) is 4.19. The Morgan fingerprint density at radius 1 is 0.906 bits per heavy atom. The Labute approximate surface area is 189 Å². The first-order valence-corrected chi connectivity index (χ1v) is 10.9.